The molecule has 0 aliphatic heterocycles. The molecule has 0 heterocycles. The first-order valence-electron chi connectivity index (χ1n) is 12.9. The van der Waals surface area contributed by atoms with Crippen LogP contribution in [-0.2, 0) is 6.42 Å². The van der Waals surface area contributed by atoms with Gasteiger partial charge in [-0.1, -0.05) is 103 Å². The fraction of sp³-hybridized carbons (Fsp3) is 0.750. The number of hydrogen-bond acceptors (Lipinski definition) is 1. The fourth-order valence-corrected chi connectivity index (χ4v) is 6.13. The highest BCUT2D eigenvalue weighted by atomic mass is 19.1. The van der Waals surface area contributed by atoms with Crippen molar-refractivity contribution in [3.8, 4) is 6.07 Å². The number of benzene rings is 1. The molecule has 1 unspecified atom stereocenters. The van der Waals surface area contributed by atoms with E-state index >= 15 is 0 Å². The minimum Gasteiger partial charge on any atom is -0.206 e. The van der Waals surface area contributed by atoms with Gasteiger partial charge in [-0.15, -0.1) is 0 Å². The lowest BCUT2D eigenvalue weighted by atomic mass is 9.72. The molecule has 2 heteroatoms. The van der Waals surface area contributed by atoms with E-state index in [0.29, 0.717) is 5.92 Å². The van der Waals surface area contributed by atoms with Gasteiger partial charge in [-0.25, -0.2) is 4.39 Å². The molecule has 2 aliphatic rings. The fourth-order valence-electron chi connectivity index (χ4n) is 6.13. The van der Waals surface area contributed by atoms with Crippen LogP contribution in [0.5, 0.6) is 0 Å². The monoisotopic (exact) mass is 411 g/mol. The molecule has 0 amide bonds. The first-order valence-corrected chi connectivity index (χ1v) is 12.9. The third kappa shape index (κ3) is 7.11. The van der Waals surface area contributed by atoms with Gasteiger partial charge in [0, 0.05) is 0 Å². The Morgan fingerprint density at radius 2 is 1.67 bits per heavy atom. The number of unbranched alkanes of at least 4 members (excludes halogenated alkanes) is 2. The lowest BCUT2D eigenvalue weighted by molar-refractivity contribution is 0.196. The van der Waals surface area contributed by atoms with Gasteiger partial charge in [-0.3, -0.25) is 0 Å². The Balaban J connectivity index is 1.52. The molecule has 0 bridgehead atoms. The maximum atomic E-state index is 14.1. The van der Waals surface area contributed by atoms with E-state index in [-0.39, 0.29) is 11.4 Å². The highest BCUT2D eigenvalue weighted by molar-refractivity contribution is 5.33. The predicted molar refractivity (Wildman–Crippen MR) is 124 cm³/mol. The smallest absolute Gasteiger partial charge is 0.141 e. The van der Waals surface area contributed by atoms with E-state index in [1.54, 1.807) is 12.1 Å². The minimum absolute atomic E-state index is 0.170. The molecule has 166 valence electrons. The van der Waals surface area contributed by atoms with Gasteiger partial charge in [0.1, 0.15) is 11.9 Å². The largest absolute Gasteiger partial charge is 0.206 e. The Morgan fingerprint density at radius 1 is 0.967 bits per heavy atom. The van der Waals surface area contributed by atoms with Crippen LogP contribution in [0.1, 0.15) is 114 Å². The third-order valence-electron chi connectivity index (χ3n) is 8.10. The van der Waals surface area contributed by atoms with Crippen LogP contribution in [0.3, 0.4) is 0 Å². The van der Waals surface area contributed by atoms with Crippen molar-refractivity contribution in [1.29, 1.82) is 5.26 Å². The Labute approximate surface area is 184 Å². The summed E-state index contributed by atoms with van der Waals surface area (Å²) in [5, 5.41) is 9.01. The van der Waals surface area contributed by atoms with Gasteiger partial charge < -0.3 is 0 Å². The van der Waals surface area contributed by atoms with Gasteiger partial charge in [-0.2, -0.15) is 5.26 Å². The van der Waals surface area contributed by atoms with Crippen molar-refractivity contribution in [1.82, 2.24) is 0 Å². The summed E-state index contributed by atoms with van der Waals surface area (Å²) in [6.07, 6.45) is 21.9. The van der Waals surface area contributed by atoms with E-state index in [1.165, 1.54) is 96.3 Å². The molecule has 0 saturated heterocycles. The molecular weight excluding hydrogens is 369 g/mol. The summed E-state index contributed by atoms with van der Waals surface area (Å²) in [5.74, 6) is 3.04. The average Bonchev–Trinajstić information content (AvgIpc) is 2.78. The molecule has 3 rings (SSSR count). The summed E-state index contributed by atoms with van der Waals surface area (Å²) in [4.78, 5) is 0. The molecule has 2 aliphatic carbocycles. The molecule has 1 atom stereocenters. The molecule has 1 aromatic rings. The van der Waals surface area contributed by atoms with Crippen molar-refractivity contribution in [2.75, 3.05) is 0 Å². The van der Waals surface area contributed by atoms with Crippen molar-refractivity contribution in [3.63, 3.8) is 0 Å². The van der Waals surface area contributed by atoms with Crippen molar-refractivity contribution >= 4 is 0 Å². The second-order valence-corrected chi connectivity index (χ2v) is 10.2. The van der Waals surface area contributed by atoms with Gasteiger partial charge in [0.15, 0.2) is 0 Å². The van der Waals surface area contributed by atoms with Gasteiger partial charge in [0.25, 0.3) is 0 Å². The number of nitriles is 1. The second-order valence-electron chi connectivity index (χ2n) is 10.2. The van der Waals surface area contributed by atoms with E-state index in [0.717, 1.165) is 29.7 Å². The summed E-state index contributed by atoms with van der Waals surface area (Å²) in [6, 6.07) is 7.23. The van der Waals surface area contributed by atoms with Crippen LogP contribution in [0.2, 0.25) is 0 Å². The molecule has 0 aromatic heterocycles. The molecular formula is C28H42FN. The highest BCUT2D eigenvalue weighted by Crippen LogP contribution is 2.39. The standard InChI is InChI=1S/C28H42FN/c1-2-3-5-8-22-11-13-23(14-12-22)15-17-26(25-9-6-4-7-10-25)19-24-16-18-27(21-30)28(29)20-24/h16,18,20,22-23,25-26H,2-15,17,19H2,1H3. The van der Waals surface area contributed by atoms with Gasteiger partial charge >= 0.3 is 0 Å². The Kier molecular flexibility index (Phi) is 9.70. The van der Waals surface area contributed by atoms with Crippen LogP contribution in [0.4, 0.5) is 4.39 Å². The van der Waals surface area contributed by atoms with Crippen LogP contribution in [0, 0.1) is 40.8 Å². The summed E-state index contributed by atoms with van der Waals surface area (Å²) in [5.41, 5.74) is 1.25. The molecule has 0 spiro atoms. The number of halogens is 1. The molecule has 1 nitrogen and oxygen atoms in total. The average molecular weight is 412 g/mol. The Morgan fingerprint density at radius 3 is 2.30 bits per heavy atom. The summed E-state index contributed by atoms with van der Waals surface area (Å²) in [7, 11) is 0. The topological polar surface area (TPSA) is 23.8 Å². The minimum atomic E-state index is -0.348. The van der Waals surface area contributed by atoms with Crippen LogP contribution in [0.15, 0.2) is 18.2 Å². The molecule has 1 aromatic carbocycles. The van der Waals surface area contributed by atoms with Crippen LogP contribution in [0.25, 0.3) is 0 Å². The summed E-state index contributed by atoms with van der Waals surface area (Å²) < 4.78 is 14.1. The van der Waals surface area contributed by atoms with Crippen LogP contribution < -0.4 is 0 Å². The lowest BCUT2D eigenvalue weighted by Gasteiger charge is -2.33. The predicted octanol–water partition coefficient (Wildman–Crippen LogP) is 8.60. The zero-order valence-corrected chi connectivity index (χ0v) is 19.2. The van der Waals surface area contributed by atoms with Crippen LogP contribution >= 0.6 is 0 Å². The van der Waals surface area contributed by atoms with Crippen molar-refractivity contribution in [2.45, 2.75) is 110 Å². The number of hydrogen-bond donors (Lipinski definition) is 0. The quantitative estimate of drug-likeness (QED) is 0.353. The van der Waals surface area contributed by atoms with E-state index < -0.39 is 0 Å². The van der Waals surface area contributed by atoms with E-state index in [2.05, 4.69) is 6.92 Å². The lowest BCUT2D eigenvalue weighted by Crippen LogP contribution is -2.22. The van der Waals surface area contributed by atoms with Crippen molar-refractivity contribution in [3.05, 3.63) is 35.1 Å². The summed E-state index contributed by atoms with van der Waals surface area (Å²) in [6.45, 7) is 2.30. The van der Waals surface area contributed by atoms with E-state index in [9.17, 15) is 4.39 Å². The van der Waals surface area contributed by atoms with Crippen LogP contribution in [-0.4, -0.2) is 0 Å². The first kappa shape index (κ1) is 23.3. The Hall–Kier alpha value is -1.36. The molecule has 2 saturated carbocycles. The zero-order chi connectivity index (χ0) is 21.2. The van der Waals surface area contributed by atoms with Crippen molar-refractivity contribution in [2.24, 2.45) is 23.7 Å². The third-order valence-corrected chi connectivity index (χ3v) is 8.10. The van der Waals surface area contributed by atoms with Gasteiger partial charge in [0.05, 0.1) is 5.56 Å². The highest BCUT2D eigenvalue weighted by Gasteiger charge is 2.27. The number of nitrogens with zero attached hydrogens (tertiary/aromatic N) is 1. The number of rotatable bonds is 10. The maximum Gasteiger partial charge on any atom is 0.141 e. The maximum absolute atomic E-state index is 14.1. The second kappa shape index (κ2) is 12.5. The zero-order valence-electron chi connectivity index (χ0n) is 19.2. The molecule has 0 radical (unpaired) electrons. The van der Waals surface area contributed by atoms with E-state index in [1.807, 2.05) is 12.1 Å². The first-order chi connectivity index (χ1) is 14.7. The molecule has 0 N–H and O–H groups in total. The van der Waals surface area contributed by atoms with Crippen molar-refractivity contribution < 1.29 is 4.39 Å². The Bertz CT molecular complexity index is 662. The SMILES string of the molecule is CCCCCC1CCC(CCC(Cc2ccc(C#N)c(F)c2)C2CCCCC2)CC1. The summed E-state index contributed by atoms with van der Waals surface area (Å²) >= 11 is 0. The normalized spacial score (nSPS) is 23.8. The van der Waals surface area contributed by atoms with Gasteiger partial charge in [-0.05, 0) is 54.2 Å². The molecule has 2 fully saturated rings. The van der Waals surface area contributed by atoms with Gasteiger partial charge in [0.2, 0.25) is 0 Å². The molecule has 30 heavy (non-hydrogen) atoms. The van der Waals surface area contributed by atoms with E-state index in [4.69, 9.17) is 5.26 Å².